The Bertz CT molecular complexity index is 443. The van der Waals surface area contributed by atoms with Crippen LogP contribution in [0.15, 0.2) is 18.2 Å². The van der Waals surface area contributed by atoms with Crippen LogP contribution >= 0.6 is 0 Å². The van der Waals surface area contributed by atoms with Crippen molar-refractivity contribution in [3.8, 4) is 0 Å². The maximum atomic E-state index is 13.7. The van der Waals surface area contributed by atoms with Crippen molar-refractivity contribution >= 4 is 5.69 Å². The van der Waals surface area contributed by atoms with Gasteiger partial charge in [-0.3, -0.25) is 0 Å². The van der Waals surface area contributed by atoms with Crippen LogP contribution < -0.4 is 10.6 Å². The molecular formula is C14H20F4N2. The summed E-state index contributed by atoms with van der Waals surface area (Å²) in [5, 5.41) is 0. The first kappa shape index (κ1) is 16.8. The van der Waals surface area contributed by atoms with E-state index in [4.69, 9.17) is 5.73 Å². The molecular weight excluding hydrogens is 272 g/mol. The Morgan fingerprint density at radius 2 is 1.85 bits per heavy atom. The van der Waals surface area contributed by atoms with Crippen LogP contribution in [0.1, 0.15) is 25.8 Å². The lowest BCUT2D eigenvalue weighted by molar-refractivity contribution is -0.137. The Balaban J connectivity index is 2.77. The summed E-state index contributed by atoms with van der Waals surface area (Å²) in [6, 6.07) is 2.54. The molecule has 1 atom stereocenters. The molecule has 0 aliphatic rings. The minimum absolute atomic E-state index is 0.0186. The summed E-state index contributed by atoms with van der Waals surface area (Å²) in [7, 11) is 1.64. The van der Waals surface area contributed by atoms with Gasteiger partial charge < -0.3 is 10.6 Å². The first-order valence-electron chi connectivity index (χ1n) is 6.46. The molecule has 1 unspecified atom stereocenters. The SMILES string of the molecule is CC(C)C(N)CCN(C)c1ccc(C(F)(F)F)cc1F. The second-order valence-electron chi connectivity index (χ2n) is 5.28. The molecule has 0 amide bonds. The number of nitrogens with zero attached hydrogens (tertiary/aromatic N) is 1. The fourth-order valence-electron chi connectivity index (χ4n) is 1.79. The van der Waals surface area contributed by atoms with E-state index >= 15 is 0 Å². The summed E-state index contributed by atoms with van der Waals surface area (Å²) in [5.41, 5.74) is 5.06. The molecule has 1 aromatic rings. The molecule has 0 aliphatic heterocycles. The van der Waals surface area contributed by atoms with Crippen LogP contribution in [0.3, 0.4) is 0 Å². The molecule has 0 aromatic heterocycles. The monoisotopic (exact) mass is 292 g/mol. The maximum Gasteiger partial charge on any atom is 0.416 e. The fourth-order valence-corrected chi connectivity index (χ4v) is 1.79. The number of alkyl halides is 3. The van der Waals surface area contributed by atoms with Gasteiger partial charge in [0.25, 0.3) is 0 Å². The van der Waals surface area contributed by atoms with Crippen molar-refractivity contribution in [2.75, 3.05) is 18.5 Å². The molecule has 20 heavy (non-hydrogen) atoms. The van der Waals surface area contributed by atoms with Gasteiger partial charge in [0.15, 0.2) is 0 Å². The number of hydrogen-bond acceptors (Lipinski definition) is 2. The average Bonchev–Trinajstić information content (AvgIpc) is 2.34. The predicted molar refractivity (Wildman–Crippen MR) is 72.1 cm³/mol. The zero-order valence-corrected chi connectivity index (χ0v) is 11.8. The van der Waals surface area contributed by atoms with Gasteiger partial charge >= 0.3 is 6.18 Å². The Hall–Kier alpha value is -1.30. The van der Waals surface area contributed by atoms with Crippen molar-refractivity contribution in [1.29, 1.82) is 0 Å². The van der Waals surface area contributed by atoms with Gasteiger partial charge in [-0.05, 0) is 30.5 Å². The van der Waals surface area contributed by atoms with E-state index in [0.717, 1.165) is 12.1 Å². The van der Waals surface area contributed by atoms with Crippen molar-refractivity contribution in [2.45, 2.75) is 32.5 Å². The van der Waals surface area contributed by atoms with E-state index in [9.17, 15) is 17.6 Å². The third-order valence-corrected chi connectivity index (χ3v) is 3.34. The molecule has 1 aromatic carbocycles. The van der Waals surface area contributed by atoms with Gasteiger partial charge in [0.2, 0.25) is 0 Å². The number of rotatable bonds is 5. The van der Waals surface area contributed by atoms with Crippen molar-refractivity contribution in [3.05, 3.63) is 29.6 Å². The summed E-state index contributed by atoms with van der Waals surface area (Å²) >= 11 is 0. The maximum absolute atomic E-state index is 13.7. The van der Waals surface area contributed by atoms with E-state index in [2.05, 4.69) is 0 Å². The minimum Gasteiger partial charge on any atom is -0.372 e. The second kappa shape index (κ2) is 6.43. The Morgan fingerprint density at radius 1 is 1.25 bits per heavy atom. The lowest BCUT2D eigenvalue weighted by Gasteiger charge is -2.24. The van der Waals surface area contributed by atoms with Crippen LogP contribution in [0.4, 0.5) is 23.2 Å². The zero-order chi connectivity index (χ0) is 15.5. The molecule has 0 spiro atoms. The normalized spacial score (nSPS) is 13.7. The lowest BCUT2D eigenvalue weighted by Crippen LogP contribution is -2.32. The van der Waals surface area contributed by atoms with Crippen LogP contribution in [0.5, 0.6) is 0 Å². The van der Waals surface area contributed by atoms with Gasteiger partial charge in [0.05, 0.1) is 11.3 Å². The minimum atomic E-state index is -4.53. The van der Waals surface area contributed by atoms with Crippen LogP contribution in [0, 0.1) is 11.7 Å². The van der Waals surface area contributed by atoms with Crippen LogP contribution in [0.2, 0.25) is 0 Å². The molecule has 2 nitrogen and oxygen atoms in total. The van der Waals surface area contributed by atoms with Crippen LogP contribution in [-0.2, 0) is 6.18 Å². The third kappa shape index (κ3) is 4.37. The number of halogens is 4. The zero-order valence-electron chi connectivity index (χ0n) is 11.8. The van der Waals surface area contributed by atoms with Crippen molar-refractivity contribution in [2.24, 2.45) is 11.7 Å². The molecule has 6 heteroatoms. The smallest absolute Gasteiger partial charge is 0.372 e. The van der Waals surface area contributed by atoms with Crippen molar-refractivity contribution in [1.82, 2.24) is 0 Å². The summed E-state index contributed by atoms with van der Waals surface area (Å²) in [6.07, 6.45) is -3.88. The van der Waals surface area contributed by atoms with E-state index in [1.54, 1.807) is 11.9 Å². The van der Waals surface area contributed by atoms with E-state index in [-0.39, 0.29) is 11.7 Å². The van der Waals surface area contributed by atoms with Crippen molar-refractivity contribution in [3.63, 3.8) is 0 Å². The molecule has 1 rings (SSSR count). The molecule has 114 valence electrons. The molecule has 0 radical (unpaired) electrons. The molecule has 0 saturated carbocycles. The third-order valence-electron chi connectivity index (χ3n) is 3.34. The number of hydrogen-bond donors (Lipinski definition) is 1. The molecule has 0 aliphatic carbocycles. The van der Waals surface area contributed by atoms with Gasteiger partial charge in [-0.1, -0.05) is 13.8 Å². The lowest BCUT2D eigenvalue weighted by atomic mass is 10.0. The van der Waals surface area contributed by atoms with Gasteiger partial charge in [0, 0.05) is 19.6 Å². The number of nitrogens with two attached hydrogens (primary N) is 1. The van der Waals surface area contributed by atoms with Crippen LogP contribution in [0.25, 0.3) is 0 Å². The number of benzene rings is 1. The average molecular weight is 292 g/mol. The first-order chi connectivity index (χ1) is 9.12. The predicted octanol–water partition coefficient (Wildman–Crippen LogP) is 3.65. The standard InChI is InChI=1S/C14H20F4N2/c1-9(2)12(19)6-7-20(3)13-5-4-10(8-11(13)15)14(16,17)18/h4-5,8-9,12H,6-7,19H2,1-3H3. The Morgan fingerprint density at radius 3 is 2.30 bits per heavy atom. The molecule has 0 fully saturated rings. The van der Waals surface area contributed by atoms with Gasteiger partial charge in [-0.15, -0.1) is 0 Å². The highest BCUT2D eigenvalue weighted by atomic mass is 19.4. The van der Waals surface area contributed by atoms with Gasteiger partial charge in [0.1, 0.15) is 5.82 Å². The summed E-state index contributed by atoms with van der Waals surface area (Å²) in [4.78, 5) is 1.58. The molecule has 2 N–H and O–H groups in total. The van der Waals surface area contributed by atoms with E-state index in [0.29, 0.717) is 24.9 Å². The van der Waals surface area contributed by atoms with Gasteiger partial charge in [-0.25, -0.2) is 4.39 Å². The highest BCUT2D eigenvalue weighted by Crippen LogP contribution is 2.32. The molecule has 0 bridgehead atoms. The molecule has 0 saturated heterocycles. The molecule has 0 heterocycles. The Labute approximate surface area is 116 Å². The summed E-state index contributed by atoms with van der Waals surface area (Å²) in [5.74, 6) is -0.568. The van der Waals surface area contributed by atoms with E-state index in [1.165, 1.54) is 0 Å². The largest absolute Gasteiger partial charge is 0.416 e. The van der Waals surface area contributed by atoms with Crippen molar-refractivity contribution < 1.29 is 17.6 Å². The summed E-state index contributed by atoms with van der Waals surface area (Å²) in [6.45, 7) is 4.47. The summed E-state index contributed by atoms with van der Waals surface area (Å²) < 4.78 is 51.1. The van der Waals surface area contributed by atoms with E-state index < -0.39 is 17.6 Å². The highest BCUT2D eigenvalue weighted by Gasteiger charge is 2.31. The van der Waals surface area contributed by atoms with Gasteiger partial charge in [-0.2, -0.15) is 13.2 Å². The topological polar surface area (TPSA) is 29.3 Å². The first-order valence-corrected chi connectivity index (χ1v) is 6.46. The number of anilines is 1. The Kier molecular flexibility index (Phi) is 5.39. The van der Waals surface area contributed by atoms with E-state index in [1.807, 2.05) is 13.8 Å². The fraction of sp³-hybridized carbons (Fsp3) is 0.571. The van der Waals surface area contributed by atoms with Crippen LogP contribution in [-0.4, -0.2) is 19.6 Å². The highest BCUT2D eigenvalue weighted by molar-refractivity contribution is 5.48. The quantitative estimate of drug-likeness (QED) is 0.839. The second-order valence-corrected chi connectivity index (χ2v) is 5.28.